The highest BCUT2D eigenvalue weighted by Crippen LogP contribution is 2.12. The molecule has 0 amide bonds. The second kappa shape index (κ2) is 7.60. The predicted molar refractivity (Wildman–Crippen MR) is 68.0 cm³/mol. The highest BCUT2D eigenvalue weighted by molar-refractivity contribution is 7.80. The van der Waals surface area contributed by atoms with E-state index >= 15 is 0 Å². The summed E-state index contributed by atoms with van der Waals surface area (Å²) in [5, 5.41) is 3.33. The summed E-state index contributed by atoms with van der Waals surface area (Å²) < 4.78 is 5.11. The summed E-state index contributed by atoms with van der Waals surface area (Å²) in [4.78, 5) is 0. The maximum absolute atomic E-state index is 5.11. The van der Waals surface area contributed by atoms with Crippen LogP contribution in [0.25, 0.3) is 0 Å². The molecule has 1 aromatic carbocycles. The smallest absolute Gasteiger partial charge is 0.118 e. The first-order valence-corrected chi connectivity index (χ1v) is 5.94. The van der Waals surface area contributed by atoms with Crippen LogP contribution >= 0.6 is 12.6 Å². The molecule has 0 atom stereocenters. The Labute approximate surface area is 97.4 Å². The van der Waals surface area contributed by atoms with Gasteiger partial charge in [-0.3, -0.25) is 0 Å². The molecule has 1 rings (SSSR count). The quantitative estimate of drug-likeness (QED) is 0.548. The fourth-order valence-electron chi connectivity index (χ4n) is 1.41. The lowest BCUT2D eigenvalue weighted by Crippen LogP contribution is -2.18. The van der Waals surface area contributed by atoms with Crippen molar-refractivity contribution in [3.8, 4) is 5.75 Å². The van der Waals surface area contributed by atoms with E-state index in [1.807, 2.05) is 12.1 Å². The molecule has 0 heterocycles. The molecule has 84 valence electrons. The fraction of sp³-hybridized carbons (Fsp3) is 0.500. The van der Waals surface area contributed by atoms with Crippen molar-refractivity contribution in [2.45, 2.75) is 12.8 Å². The van der Waals surface area contributed by atoms with E-state index in [-0.39, 0.29) is 0 Å². The van der Waals surface area contributed by atoms with Gasteiger partial charge < -0.3 is 10.1 Å². The molecule has 0 bridgehead atoms. The average Bonchev–Trinajstić information content (AvgIpc) is 2.30. The van der Waals surface area contributed by atoms with E-state index in [9.17, 15) is 0 Å². The van der Waals surface area contributed by atoms with Crippen LogP contribution in [0.3, 0.4) is 0 Å². The van der Waals surface area contributed by atoms with Crippen LogP contribution in [0.2, 0.25) is 0 Å². The normalized spacial score (nSPS) is 10.3. The molecule has 0 aliphatic rings. The van der Waals surface area contributed by atoms with Gasteiger partial charge in [-0.25, -0.2) is 0 Å². The third-order valence-electron chi connectivity index (χ3n) is 2.27. The molecule has 0 aliphatic heterocycles. The monoisotopic (exact) mass is 225 g/mol. The molecule has 0 unspecified atom stereocenters. The number of thiol groups is 1. The van der Waals surface area contributed by atoms with Crippen molar-refractivity contribution < 1.29 is 4.74 Å². The molecular weight excluding hydrogens is 206 g/mol. The zero-order chi connectivity index (χ0) is 10.9. The van der Waals surface area contributed by atoms with Crippen molar-refractivity contribution in [2.24, 2.45) is 0 Å². The van der Waals surface area contributed by atoms with E-state index in [4.69, 9.17) is 4.74 Å². The molecule has 0 aliphatic carbocycles. The van der Waals surface area contributed by atoms with Gasteiger partial charge in [0.1, 0.15) is 5.75 Å². The van der Waals surface area contributed by atoms with Gasteiger partial charge >= 0.3 is 0 Å². The Hall–Kier alpha value is -0.670. The molecule has 0 saturated carbocycles. The zero-order valence-corrected chi connectivity index (χ0v) is 10.1. The minimum atomic E-state index is 0.905. The number of aryl methyl sites for hydroxylation is 1. The molecule has 1 N–H and O–H groups in total. The van der Waals surface area contributed by atoms with Gasteiger partial charge in [0.2, 0.25) is 0 Å². The Balaban J connectivity index is 2.20. The molecule has 0 aromatic heterocycles. The Morgan fingerprint density at radius 1 is 1.20 bits per heavy atom. The number of ether oxygens (including phenoxy) is 1. The minimum Gasteiger partial charge on any atom is -0.497 e. The molecule has 1 aromatic rings. The maximum atomic E-state index is 5.11. The van der Waals surface area contributed by atoms with E-state index in [1.165, 1.54) is 12.0 Å². The van der Waals surface area contributed by atoms with E-state index < -0.39 is 0 Å². The lowest BCUT2D eigenvalue weighted by atomic mass is 10.1. The number of hydrogen-bond donors (Lipinski definition) is 2. The molecule has 0 spiro atoms. The highest BCUT2D eigenvalue weighted by atomic mass is 32.1. The van der Waals surface area contributed by atoms with Gasteiger partial charge in [-0.1, -0.05) is 12.1 Å². The summed E-state index contributed by atoms with van der Waals surface area (Å²) in [5.74, 6) is 1.83. The lowest BCUT2D eigenvalue weighted by Gasteiger charge is -2.04. The van der Waals surface area contributed by atoms with Gasteiger partial charge in [0.15, 0.2) is 0 Å². The van der Waals surface area contributed by atoms with Crippen molar-refractivity contribution in [3.63, 3.8) is 0 Å². The molecular formula is C12H19NOS. The first kappa shape index (κ1) is 12.4. The van der Waals surface area contributed by atoms with Crippen LogP contribution in [0.4, 0.5) is 0 Å². The molecule has 2 nitrogen and oxygen atoms in total. The molecule has 0 radical (unpaired) electrons. The van der Waals surface area contributed by atoms with Crippen LogP contribution in [0.15, 0.2) is 24.3 Å². The largest absolute Gasteiger partial charge is 0.497 e. The van der Waals surface area contributed by atoms with Gasteiger partial charge in [-0.15, -0.1) is 0 Å². The fourth-order valence-corrected chi connectivity index (χ4v) is 1.57. The van der Waals surface area contributed by atoms with Gasteiger partial charge in [0.25, 0.3) is 0 Å². The van der Waals surface area contributed by atoms with Crippen LogP contribution in [0.1, 0.15) is 12.0 Å². The summed E-state index contributed by atoms with van der Waals surface area (Å²) in [6.45, 7) is 2.05. The van der Waals surface area contributed by atoms with Gasteiger partial charge in [0, 0.05) is 12.3 Å². The van der Waals surface area contributed by atoms with Crippen molar-refractivity contribution in [1.82, 2.24) is 5.32 Å². The van der Waals surface area contributed by atoms with Crippen LogP contribution in [-0.4, -0.2) is 26.0 Å². The summed E-state index contributed by atoms with van der Waals surface area (Å²) >= 11 is 4.14. The van der Waals surface area contributed by atoms with Crippen molar-refractivity contribution >= 4 is 12.6 Å². The minimum absolute atomic E-state index is 0.905. The second-order valence-electron chi connectivity index (χ2n) is 3.43. The Bertz CT molecular complexity index is 261. The van der Waals surface area contributed by atoms with E-state index in [0.717, 1.165) is 31.0 Å². The first-order chi connectivity index (χ1) is 7.36. The standard InChI is InChI=1S/C12H19NOS/c1-14-12-6-4-11(5-7-12)3-2-8-13-9-10-15/h4-7,13,15H,2-3,8-10H2,1H3. The number of rotatable bonds is 7. The molecule has 0 saturated heterocycles. The number of methoxy groups -OCH3 is 1. The Morgan fingerprint density at radius 3 is 2.53 bits per heavy atom. The third kappa shape index (κ3) is 5.09. The molecule has 15 heavy (non-hydrogen) atoms. The predicted octanol–water partition coefficient (Wildman–Crippen LogP) is 2.15. The zero-order valence-electron chi connectivity index (χ0n) is 9.20. The van der Waals surface area contributed by atoms with Crippen molar-refractivity contribution in [1.29, 1.82) is 0 Å². The second-order valence-corrected chi connectivity index (χ2v) is 3.87. The number of hydrogen-bond acceptors (Lipinski definition) is 3. The maximum Gasteiger partial charge on any atom is 0.118 e. The van der Waals surface area contributed by atoms with Crippen molar-refractivity contribution in [3.05, 3.63) is 29.8 Å². The van der Waals surface area contributed by atoms with Crippen LogP contribution in [-0.2, 0) is 6.42 Å². The van der Waals surface area contributed by atoms with Crippen LogP contribution in [0, 0.1) is 0 Å². The number of nitrogens with one attached hydrogen (secondary N) is 1. The summed E-state index contributed by atoms with van der Waals surface area (Å²) in [6, 6.07) is 8.27. The van der Waals surface area contributed by atoms with Gasteiger partial charge in [0.05, 0.1) is 7.11 Å². The average molecular weight is 225 g/mol. The third-order valence-corrected chi connectivity index (χ3v) is 2.49. The number of benzene rings is 1. The summed E-state index contributed by atoms with van der Waals surface area (Å²) in [6.07, 6.45) is 2.28. The Morgan fingerprint density at radius 2 is 1.93 bits per heavy atom. The Kier molecular flexibility index (Phi) is 6.28. The summed E-state index contributed by atoms with van der Waals surface area (Å²) in [7, 11) is 1.69. The SMILES string of the molecule is COc1ccc(CCCNCCS)cc1. The van der Waals surface area contributed by atoms with Gasteiger partial charge in [-0.05, 0) is 37.1 Å². The van der Waals surface area contributed by atoms with E-state index in [0.29, 0.717) is 0 Å². The highest BCUT2D eigenvalue weighted by Gasteiger charge is 1.94. The van der Waals surface area contributed by atoms with Crippen molar-refractivity contribution in [2.75, 3.05) is 26.0 Å². The molecule has 3 heteroatoms. The molecule has 0 fully saturated rings. The first-order valence-electron chi connectivity index (χ1n) is 5.31. The topological polar surface area (TPSA) is 21.3 Å². The lowest BCUT2D eigenvalue weighted by molar-refractivity contribution is 0.414. The summed E-state index contributed by atoms with van der Waals surface area (Å²) in [5.41, 5.74) is 1.36. The van der Waals surface area contributed by atoms with Crippen LogP contribution < -0.4 is 10.1 Å². The van der Waals surface area contributed by atoms with E-state index in [2.05, 4.69) is 30.1 Å². The van der Waals surface area contributed by atoms with Gasteiger partial charge in [-0.2, -0.15) is 12.6 Å². The van der Waals surface area contributed by atoms with E-state index in [1.54, 1.807) is 7.11 Å². The van der Waals surface area contributed by atoms with Crippen LogP contribution in [0.5, 0.6) is 5.75 Å².